The van der Waals surface area contributed by atoms with Crippen molar-refractivity contribution in [1.82, 2.24) is 4.90 Å². The van der Waals surface area contributed by atoms with Crippen LogP contribution in [0, 0.1) is 0 Å². The van der Waals surface area contributed by atoms with Crippen LogP contribution < -0.4 is 9.47 Å². The number of amidine groups is 1. The molecule has 5 nitrogen and oxygen atoms in total. The fourth-order valence-electron chi connectivity index (χ4n) is 2.87. The summed E-state index contributed by atoms with van der Waals surface area (Å²) in [4.78, 5) is 20.1. The van der Waals surface area contributed by atoms with E-state index < -0.39 is 0 Å². The Hall–Kier alpha value is -2.73. The molecule has 0 aliphatic carbocycles. The smallest absolute Gasteiger partial charge is 0.266 e. The number of hydrogen-bond donors (Lipinski definition) is 0. The molecule has 6 heteroatoms. The van der Waals surface area contributed by atoms with Crippen LogP contribution in [0.25, 0.3) is 6.08 Å². The van der Waals surface area contributed by atoms with E-state index in [1.165, 1.54) is 11.8 Å². The van der Waals surface area contributed by atoms with Crippen molar-refractivity contribution in [3.05, 3.63) is 59.0 Å². The first-order valence-corrected chi connectivity index (χ1v) is 10.1. The maximum Gasteiger partial charge on any atom is 0.266 e. The molecule has 28 heavy (non-hydrogen) atoms. The molecule has 1 heterocycles. The van der Waals surface area contributed by atoms with Gasteiger partial charge in [-0.25, -0.2) is 4.99 Å². The minimum absolute atomic E-state index is 0.0354. The molecule has 0 unspecified atom stereocenters. The fraction of sp³-hybridized carbons (Fsp3) is 0.273. The number of carbonyl (C=O) groups excluding carboxylic acids is 1. The van der Waals surface area contributed by atoms with Gasteiger partial charge in [-0.05, 0) is 49.4 Å². The predicted octanol–water partition coefficient (Wildman–Crippen LogP) is 5.11. The van der Waals surface area contributed by atoms with Crippen LogP contribution in [0.15, 0.2) is 58.4 Å². The second-order valence-electron chi connectivity index (χ2n) is 6.11. The lowest BCUT2D eigenvalue weighted by Crippen LogP contribution is -2.29. The highest BCUT2D eigenvalue weighted by Crippen LogP contribution is 2.38. The lowest BCUT2D eigenvalue weighted by Gasteiger charge is -2.14. The lowest BCUT2D eigenvalue weighted by atomic mass is 10.1. The summed E-state index contributed by atoms with van der Waals surface area (Å²) < 4.78 is 11.2. The second kappa shape index (κ2) is 9.46. The van der Waals surface area contributed by atoms with Crippen LogP contribution in [-0.4, -0.2) is 36.2 Å². The van der Waals surface area contributed by atoms with Crippen molar-refractivity contribution in [2.45, 2.75) is 20.3 Å². The normalized spacial score (nSPS) is 16.8. The van der Waals surface area contributed by atoms with Crippen LogP contribution in [0.5, 0.6) is 11.5 Å². The summed E-state index contributed by atoms with van der Waals surface area (Å²) in [6.07, 6.45) is 2.72. The van der Waals surface area contributed by atoms with E-state index in [-0.39, 0.29) is 5.91 Å². The quantitative estimate of drug-likeness (QED) is 0.611. The monoisotopic (exact) mass is 396 g/mol. The number of thioether (sulfide) groups is 1. The van der Waals surface area contributed by atoms with Crippen LogP contribution in [0.4, 0.5) is 5.69 Å². The summed E-state index contributed by atoms with van der Waals surface area (Å²) in [5.74, 6) is 1.26. The minimum Gasteiger partial charge on any atom is -0.493 e. The highest BCUT2D eigenvalue weighted by atomic mass is 32.2. The summed E-state index contributed by atoms with van der Waals surface area (Å²) in [6, 6.07) is 15.3. The van der Waals surface area contributed by atoms with Gasteiger partial charge in [0, 0.05) is 12.1 Å². The topological polar surface area (TPSA) is 51.1 Å². The molecule has 1 amide bonds. The molecule has 2 aromatic carbocycles. The number of methoxy groups -OCH3 is 1. The predicted molar refractivity (Wildman–Crippen MR) is 115 cm³/mol. The number of nitrogens with zero attached hydrogens (tertiary/aromatic N) is 2. The van der Waals surface area contributed by atoms with Crippen LogP contribution in [0.1, 0.15) is 25.8 Å². The van der Waals surface area contributed by atoms with Crippen LogP contribution >= 0.6 is 11.8 Å². The van der Waals surface area contributed by atoms with Gasteiger partial charge < -0.3 is 9.47 Å². The van der Waals surface area contributed by atoms with Crippen molar-refractivity contribution in [1.29, 1.82) is 0 Å². The van der Waals surface area contributed by atoms with Crippen molar-refractivity contribution in [2.24, 2.45) is 4.99 Å². The molecule has 0 spiro atoms. The first kappa shape index (κ1) is 20.0. The average Bonchev–Trinajstić information content (AvgIpc) is 2.99. The van der Waals surface area contributed by atoms with Crippen LogP contribution in [-0.2, 0) is 4.79 Å². The molecule has 1 aliphatic rings. The van der Waals surface area contributed by atoms with Crippen LogP contribution in [0.2, 0.25) is 0 Å². The summed E-state index contributed by atoms with van der Waals surface area (Å²) in [5.41, 5.74) is 1.64. The van der Waals surface area contributed by atoms with Gasteiger partial charge in [-0.3, -0.25) is 9.69 Å². The highest BCUT2D eigenvalue weighted by Gasteiger charge is 2.33. The Morgan fingerprint density at radius 1 is 1.11 bits per heavy atom. The maximum atomic E-state index is 13.0. The Kier molecular flexibility index (Phi) is 6.76. The number of ether oxygens (including phenoxy) is 2. The zero-order chi connectivity index (χ0) is 19.9. The van der Waals surface area contributed by atoms with Gasteiger partial charge >= 0.3 is 0 Å². The third-order valence-corrected chi connectivity index (χ3v) is 5.13. The van der Waals surface area contributed by atoms with E-state index in [4.69, 9.17) is 9.47 Å². The van der Waals surface area contributed by atoms with E-state index in [1.54, 1.807) is 12.0 Å². The molecule has 3 rings (SSSR count). The summed E-state index contributed by atoms with van der Waals surface area (Å²) in [7, 11) is 1.61. The van der Waals surface area contributed by atoms with Crippen LogP contribution in [0.3, 0.4) is 0 Å². The Balaban J connectivity index is 1.99. The Morgan fingerprint density at radius 2 is 1.89 bits per heavy atom. The number of rotatable bonds is 7. The molecular weight excluding hydrogens is 372 g/mol. The molecule has 2 aromatic rings. The van der Waals surface area contributed by atoms with Crippen molar-refractivity contribution in [3.63, 3.8) is 0 Å². The number of hydrogen-bond acceptors (Lipinski definition) is 5. The molecule has 0 radical (unpaired) electrons. The number of carbonyl (C=O) groups is 1. The zero-order valence-electron chi connectivity index (χ0n) is 16.3. The maximum absolute atomic E-state index is 13.0. The van der Waals surface area contributed by atoms with Gasteiger partial charge in [0.2, 0.25) is 0 Å². The van der Waals surface area contributed by atoms with E-state index in [1.807, 2.05) is 61.5 Å². The van der Waals surface area contributed by atoms with Gasteiger partial charge in [0.25, 0.3) is 5.91 Å². The molecule has 146 valence electrons. The SMILES string of the molecule is CCCN1C(=O)/C(=C\c2cccc(OC)c2OCC)SC1=Nc1ccccc1. The van der Waals surface area contributed by atoms with Gasteiger partial charge in [0.1, 0.15) is 0 Å². The number of aliphatic imine (C=N–C) groups is 1. The Morgan fingerprint density at radius 3 is 2.57 bits per heavy atom. The molecule has 0 N–H and O–H groups in total. The van der Waals surface area contributed by atoms with Gasteiger partial charge in [-0.2, -0.15) is 0 Å². The van der Waals surface area contributed by atoms with E-state index in [0.29, 0.717) is 34.7 Å². The molecule has 1 fully saturated rings. The average molecular weight is 397 g/mol. The zero-order valence-corrected chi connectivity index (χ0v) is 17.2. The van der Waals surface area contributed by atoms with Crippen molar-refractivity contribution >= 4 is 34.6 Å². The molecule has 0 aromatic heterocycles. The third-order valence-electron chi connectivity index (χ3n) is 4.12. The van der Waals surface area contributed by atoms with Crippen molar-refractivity contribution in [2.75, 3.05) is 20.3 Å². The van der Waals surface area contributed by atoms with Gasteiger partial charge in [0.15, 0.2) is 16.7 Å². The van der Waals surface area contributed by atoms with E-state index >= 15 is 0 Å². The number of para-hydroxylation sites is 2. The second-order valence-corrected chi connectivity index (χ2v) is 7.12. The lowest BCUT2D eigenvalue weighted by molar-refractivity contribution is -0.122. The highest BCUT2D eigenvalue weighted by molar-refractivity contribution is 8.18. The Labute approximate surface area is 170 Å². The molecule has 1 saturated heterocycles. The van der Waals surface area contributed by atoms with Crippen molar-refractivity contribution in [3.8, 4) is 11.5 Å². The van der Waals surface area contributed by atoms with E-state index in [2.05, 4.69) is 11.9 Å². The summed E-state index contributed by atoms with van der Waals surface area (Å²) in [6.45, 7) is 5.12. The molecule has 0 atom stereocenters. The summed E-state index contributed by atoms with van der Waals surface area (Å²) in [5, 5.41) is 0.699. The molecule has 1 aliphatic heterocycles. The van der Waals surface area contributed by atoms with Gasteiger partial charge in [-0.1, -0.05) is 37.3 Å². The first-order chi connectivity index (χ1) is 13.7. The van der Waals surface area contributed by atoms with E-state index in [0.717, 1.165) is 17.7 Å². The molecule has 0 bridgehead atoms. The fourth-order valence-corrected chi connectivity index (χ4v) is 3.89. The minimum atomic E-state index is -0.0354. The largest absolute Gasteiger partial charge is 0.493 e. The first-order valence-electron chi connectivity index (χ1n) is 9.32. The number of amides is 1. The molecule has 0 saturated carbocycles. The van der Waals surface area contributed by atoms with Gasteiger partial charge in [-0.15, -0.1) is 0 Å². The number of benzene rings is 2. The van der Waals surface area contributed by atoms with Crippen molar-refractivity contribution < 1.29 is 14.3 Å². The Bertz CT molecular complexity index is 894. The van der Waals surface area contributed by atoms with E-state index in [9.17, 15) is 4.79 Å². The molecular formula is C22H24N2O3S. The summed E-state index contributed by atoms with van der Waals surface area (Å²) >= 11 is 1.39. The third kappa shape index (κ3) is 4.39. The standard InChI is InChI=1S/C22H24N2O3S/c1-4-14-24-21(25)19(28-22(24)23-17-11-7-6-8-12-17)15-16-10-9-13-18(26-3)20(16)27-5-2/h6-13,15H,4-5,14H2,1-3H3/b19-15+,23-22?. The van der Waals surface area contributed by atoms with Gasteiger partial charge in [0.05, 0.1) is 24.3 Å².